The van der Waals surface area contributed by atoms with Crippen LogP contribution >= 0.6 is 0 Å². The summed E-state index contributed by atoms with van der Waals surface area (Å²) in [5.74, 6) is 0. The van der Waals surface area contributed by atoms with E-state index in [-0.39, 0.29) is 0 Å². The third-order valence-corrected chi connectivity index (χ3v) is 3.87. The lowest BCUT2D eigenvalue weighted by atomic mass is 10.2. The van der Waals surface area contributed by atoms with Gasteiger partial charge in [-0.25, -0.2) is 0 Å². The predicted octanol–water partition coefficient (Wildman–Crippen LogP) is 2.90. The molecule has 0 saturated carbocycles. The van der Waals surface area contributed by atoms with E-state index in [4.69, 9.17) is 0 Å². The number of rotatable bonds is 4. The van der Waals surface area contributed by atoms with Gasteiger partial charge in [-0.2, -0.15) is 5.10 Å². The van der Waals surface area contributed by atoms with Crippen LogP contribution < -0.4 is 10.2 Å². The average Bonchev–Trinajstić information content (AvgIpc) is 2.90. The second-order valence-corrected chi connectivity index (χ2v) is 5.16. The number of aromatic nitrogens is 2. The van der Waals surface area contributed by atoms with Gasteiger partial charge in [-0.1, -0.05) is 19.1 Å². The average molecular weight is 270 g/mol. The van der Waals surface area contributed by atoms with Crippen LogP contribution in [-0.2, 0) is 19.5 Å². The summed E-state index contributed by atoms with van der Waals surface area (Å²) < 4.78 is 2.13. The van der Waals surface area contributed by atoms with Gasteiger partial charge in [-0.15, -0.1) is 0 Å². The Kier molecular flexibility index (Phi) is 3.63. The summed E-state index contributed by atoms with van der Waals surface area (Å²) in [5.41, 5.74) is 5.02. The first-order valence-corrected chi connectivity index (χ1v) is 7.45. The largest absolute Gasteiger partial charge is 0.382 e. The van der Waals surface area contributed by atoms with Crippen LogP contribution in [0.2, 0.25) is 0 Å². The van der Waals surface area contributed by atoms with Crippen molar-refractivity contribution in [2.75, 3.05) is 23.3 Å². The van der Waals surface area contributed by atoms with Gasteiger partial charge in [-0.3, -0.25) is 4.68 Å². The second-order valence-electron chi connectivity index (χ2n) is 5.16. The van der Waals surface area contributed by atoms with Crippen molar-refractivity contribution < 1.29 is 0 Å². The number of fused-ring (bicyclic) bond motifs is 1. The summed E-state index contributed by atoms with van der Waals surface area (Å²) in [7, 11) is 0. The molecular weight excluding hydrogens is 248 g/mol. The van der Waals surface area contributed by atoms with Crippen molar-refractivity contribution in [3.8, 4) is 0 Å². The molecule has 1 N–H and O–H groups in total. The molecule has 1 aromatic carbocycles. The van der Waals surface area contributed by atoms with Crippen molar-refractivity contribution in [1.29, 1.82) is 0 Å². The maximum absolute atomic E-state index is 4.64. The molecule has 2 aromatic rings. The number of anilines is 2. The van der Waals surface area contributed by atoms with E-state index < -0.39 is 0 Å². The van der Waals surface area contributed by atoms with Crippen molar-refractivity contribution in [1.82, 2.24) is 9.78 Å². The third kappa shape index (κ3) is 2.38. The molecule has 106 valence electrons. The summed E-state index contributed by atoms with van der Waals surface area (Å²) in [4.78, 5) is 2.44. The van der Waals surface area contributed by atoms with E-state index in [0.29, 0.717) is 0 Å². The van der Waals surface area contributed by atoms with E-state index in [0.717, 1.165) is 32.6 Å². The van der Waals surface area contributed by atoms with Gasteiger partial charge in [0.05, 0.1) is 29.3 Å². The topological polar surface area (TPSA) is 33.1 Å². The molecule has 3 rings (SSSR count). The van der Waals surface area contributed by atoms with Crippen LogP contribution in [0.4, 0.5) is 11.4 Å². The minimum absolute atomic E-state index is 0.930. The summed E-state index contributed by atoms with van der Waals surface area (Å²) in [5, 5.41) is 8.10. The lowest BCUT2D eigenvalue weighted by molar-refractivity contribution is 0.602. The molecule has 1 aliphatic heterocycles. The SMILES string of the molecule is CCc1cc(CN2CCNc3ccccc32)n(CC)n1. The molecule has 0 atom stereocenters. The van der Waals surface area contributed by atoms with Crippen LogP contribution in [-0.4, -0.2) is 22.9 Å². The Balaban J connectivity index is 1.87. The molecule has 4 nitrogen and oxygen atoms in total. The molecule has 4 heteroatoms. The van der Waals surface area contributed by atoms with Gasteiger partial charge in [0.15, 0.2) is 0 Å². The molecule has 0 saturated heterocycles. The van der Waals surface area contributed by atoms with Gasteiger partial charge in [0.25, 0.3) is 0 Å². The smallest absolute Gasteiger partial charge is 0.0625 e. The number of benzene rings is 1. The van der Waals surface area contributed by atoms with E-state index in [1.807, 2.05) is 0 Å². The van der Waals surface area contributed by atoms with Crippen molar-refractivity contribution >= 4 is 11.4 Å². The zero-order valence-corrected chi connectivity index (χ0v) is 12.3. The fraction of sp³-hybridized carbons (Fsp3) is 0.438. The lowest BCUT2D eigenvalue weighted by Gasteiger charge is -2.32. The number of para-hydroxylation sites is 2. The Bertz CT molecular complexity index is 588. The van der Waals surface area contributed by atoms with E-state index in [2.05, 4.69) is 64.2 Å². The molecule has 0 spiro atoms. The first-order chi connectivity index (χ1) is 9.81. The van der Waals surface area contributed by atoms with Crippen LogP contribution in [0.15, 0.2) is 30.3 Å². The summed E-state index contributed by atoms with van der Waals surface area (Å²) in [6, 6.07) is 10.8. The van der Waals surface area contributed by atoms with Crippen LogP contribution in [0, 0.1) is 0 Å². The molecule has 2 heterocycles. The fourth-order valence-electron chi connectivity index (χ4n) is 2.79. The standard InChI is InChI=1S/C16H22N4/c1-3-13-11-14(20(4-2)18-13)12-19-10-9-17-15-7-5-6-8-16(15)19/h5-8,11,17H,3-4,9-10,12H2,1-2H3. The molecule has 1 aromatic heterocycles. The zero-order chi connectivity index (χ0) is 13.9. The molecule has 0 fully saturated rings. The van der Waals surface area contributed by atoms with Crippen LogP contribution in [0.1, 0.15) is 25.2 Å². The Morgan fingerprint density at radius 3 is 2.90 bits per heavy atom. The molecule has 0 amide bonds. The van der Waals surface area contributed by atoms with Crippen molar-refractivity contribution in [3.05, 3.63) is 41.7 Å². The second kappa shape index (κ2) is 5.57. The molecule has 20 heavy (non-hydrogen) atoms. The highest BCUT2D eigenvalue weighted by Crippen LogP contribution is 2.29. The van der Waals surface area contributed by atoms with Gasteiger partial charge >= 0.3 is 0 Å². The highest BCUT2D eigenvalue weighted by molar-refractivity contribution is 5.71. The van der Waals surface area contributed by atoms with Gasteiger partial charge in [0.1, 0.15) is 0 Å². The van der Waals surface area contributed by atoms with E-state index in [1.165, 1.54) is 22.8 Å². The monoisotopic (exact) mass is 270 g/mol. The van der Waals surface area contributed by atoms with E-state index in [9.17, 15) is 0 Å². The first kappa shape index (κ1) is 13.0. The Labute approximate surface area is 120 Å². The van der Waals surface area contributed by atoms with Crippen molar-refractivity contribution in [3.63, 3.8) is 0 Å². The Morgan fingerprint density at radius 1 is 1.25 bits per heavy atom. The molecule has 0 bridgehead atoms. The van der Waals surface area contributed by atoms with Crippen LogP contribution in [0.3, 0.4) is 0 Å². The number of hydrogen-bond donors (Lipinski definition) is 1. The van der Waals surface area contributed by atoms with E-state index >= 15 is 0 Å². The normalized spacial score (nSPS) is 14.0. The van der Waals surface area contributed by atoms with Crippen molar-refractivity contribution in [2.24, 2.45) is 0 Å². The molecule has 0 unspecified atom stereocenters. The molecule has 0 radical (unpaired) electrons. The summed E-state index contributed by atoms with van der Waals surface area (Å²) in [6.07, 6.45) is 0.998. The summed E-state index contributed by atoms with van der Waals surface area (Å²) in [6.45, 7) is 8.21. The maximum atomic E-state index is 4.64. The highest BCUT2D eigenvalue weighted by atomic mass is 15.3. The summed E-state index contributed by atoms with van der Waals surface area (Å²) >= 11 is 0. The maximum Gasteiger partial charge on any atom is 0.0625 e. The third-order valence-electron chi connectivity index (χ3n) is 3.87. The molecule has 0 aliphatic carbocycles. The van der Waals surface area contributed by atoms with Crippen LogP contribution in [0.25, 0.3) is 0 Å². The highest BCUT2D eigenvalue weighted by Gasteiger charge is 2.17. The Morgan fingerprint density at radius 2 is 2.10 bits per heavy atom. The Hall–Kier alpha value is -1.97. The molecular formula is C16H22N4. The van der Waals surface area contributed by atoms with E-state index in [1.54, 1.807) is 0 Å². The van der Waals surface area contributed by atoms with Gasteiger partial charge in [0, 0.05) is 19.6 Å². The molecule has 1 aliphatic rings. The van der Waals surface area contributed by atoms with Gasteiger partial charge < -0.3 is 10.2 Å². The number of aryl methyl sites for hydroxylation is 2. The predicted molar refractivity (Wildman–Crippen MR) is 83.3 cm³/mol. The first-order valence-electron chi connectivity index (χ1n) is 7.45. The van der Waals surface area contributed by atoms with Gasteiger partial charge in [0.2, 0.25) is 0 Å². The zero-order valence-electron chi connectivity index (χ0n) is 12.3. The minimum atomic E-state index is 0.930. The fourth-order valence-corrected chi connectivity index (χ4v) is 2.79. The quantitative estimate of drug-likeness (QED) is 0.927. The van der Waals surface area contributed by atoms with Crippen molar-refractivity contribution in [2.45, 2.75) is 33.4 Å². The number of nitrogens with one attached hydrogen (secondary N) is 1. The number of hydrogen-bond acceptors (Lipinski definition) is 3. The minimum Gasteiger partial charge on any atom is -0.382 e. The lowest BCUT2D eigenvalue weighted by Crippen LogP contribution is -2.34. The van der Waals surface area contributed by atoms with Gasteiger partial charge in [-0.05, 0) is 31.5 Å². The number of nitrogens with zero attached hydrogens (tertiary/aromatic N) is 3. The van der Waals surface area contributed by atoms with Crippen LogP contribution in [0.5, 0.6) is 0 Å².